The van der Waals surface area contributed by atoms with E-state index in [0.717, 1.165) is 12.0 Å². The molecule has 0 aliphatic carbocycles. The molecular weight excluding hydrogens is 226 g/mol. The topological polar surface area (TPSA) is 46.2 Å². The molecule has 1 aromatic rings. The van der Waals surface area contributed by atoms with E-state index in [-0.39, 0.29) is 17.7 Å². The number of rotatable bonds is 2. The van der Waals surface area contributed by atoms with Gasteiger partial charge in [-0.2, -0.15) is 0 Å². The van der Waals surface area contributed by atoms with Crippen LogP contribution < -0.4 is 5.32 Å². The van der Waals surface area contributed by atoms with Gasteiger partial charge in [-0.1, -0.05) is 19.1 Å². The summed E-state index contributed by atoms with van der Waals surface area (Å²) in [7, 11) is 0. The van der Waals surface area contributed by atoms with E-state index in [2.05, 4.69) is 32.2 Å². The second-order valence-electron chi connectivity index (χ2n) is 4.92. The van der Waals surface area contributed by atoms with E-state index < -0.39 is 0 Å². The van der Waals surface area contributed by atoms with Gasteiger partial charge in [-0.3, -0.25) is 14.9 Å². The number of nitrogens with one attached hydrogen (secondary N) is 1. The van der Waals surface area contributed by atoms with Gasteiger partial charge in [0.25, 0.3) is 0 Å². The standard InChI is InChI=1S/C15H19NO2/c1-4-11-5-6-12(10(3)9(11)2)13-7-8-14(17)16-15(13)18/h5-6,13H,4,7-8H2,1-3H3,(H,16,17,18). The number of aryl methyl sites for hydroxylation is 1. The summed E-state index contributed by atoms with van der Waals surface area (Å²) < 4.78 is 0. The number of amides is 2. The SMILES string of the molecule is CCc1ccc(C2CCC(=O)NC2=O)c(C)c1C. The maximum atomic E-state index is 11.9. The summed E-state index contributed by atoms with van der Waals surface area (Å²) in [5.41, 5.74) is 4.83. The molecule has 1 fully saturated rings. The van der Waals surface area contributed by atoms with E-state index in [1.54, 1.807) is 0 Å². The summed E-state index contributed by atoms with van der Waals surface area (Å²) in [5.74, 6) is -0.485. The Kier molecular flexibility index (Phi) is 3.50. The van der Waals surface area contributed by atoms with Gasteiger partial charge >= 0.3 is 0 Å². The number of benzene rings is 1. The molecule has 0 bridgehead atoms. The van der Waals surface area contributed by atoms with Gasteiger partial charge in [-0.15, -0.1) is 0 Å². The number of piperidine rings is 1. The second kappa shape index (κ2) is 4.92. The zero-order chi connectivity index (χ0) is 13.3. The van der Waals surface area contributed by atoms with E-state index in [0.29, 0.717) is 12.8 Å². The fourth-order valence-corrected chi connectivity index (χ4v) is 2.65. The van der Waals surface area contributed by atoms with Crippen LogP contribution in [-0.2, 0) is 16.0 Å². The Labute approximate surface area is 108 Å². The lowest BCUT2D eigenvalue weighted by atomic mass is 9.85. The number of hydrogen-bond donors (Lipinski definition) is 1. The quantitative estimate of drug-likeness (QED) is 0.813. The van der Waals surface area contributed by atoms with Crippen LogP contribution in [0, 0.1) is 13.8 Å². The minimum atomic E-state index is -0.174. The smallest absolute Gasteiger partial charge is 0.234 e. The predicted molar refractivity (Wildman–Crippen MR) is 70.4 cm³/mol. The Bertz CT molecular complexity index is 505. The van der Waals surface area contributed by atoms with E-state index in [9.17, 15) is 9.59 Å². The molecule has 2 rings (SSSR count). The fourth-order valence-electron chi connectivity index (χ4n) is 2.65. The summed E-state index contributed by atoms with van der Waals surface area (Å²) in [6, 6.07) is 4.14. The molecule has 1 aliphatic heterocycles. The van der Waals surface area contributed by atoms with Gasteiger partial charge in [0, 0.05) is 6.42 Å². The van der Waals surface area contributed by atoms with Crippen LogP contribution in [0.1, 0.15) is 47.9 Å². The highest BCUT2D eigenvalue weighted by Crippen LogP contribution is 2.30. The predicted octanol–water partition coefficient (Wildman–Crippen LogP) is 2.39. The first kappa shape index (κ1) is 12.8. The third-order valence-corrected chi connectivity index (χ3v) is 3.94. The van der Waals surface area contributed by atoms with Gasteiger partial charge in [-0.05, 0) is 48.9 Å². The van der Waals surface area contributed by atoms with Crippen LogP contribution in [0.15, 0.2) is 12.1 Å². The molecule has 1 atom stereocenters. The first-order valence-corrected chi connectivity index (χ1v) is 6.47. The maximum Gasteiger partial charge on any atom is 0.234 e. The molecule has 1 aliphatic rings. The zero-order valence-corrected chi connectivity index (χ0v) is 11.2. The summed E-state index contributed by atoms with van der Waals surface area (Å²) in [6.07, 6.45) is 2.06. The van der Waals surface area contributed by atoms with Crippen molar-refractivity contribution in [3.63, 3.8) is 0 Å². The lowest BCUT2D eigenvalue weighted by Gasteiger charge is -2.24. The first-order chi connectivity index (χ1) is 8.54. The molecule has 1 unspecified atom stereocenters. The Hall–Kier alpha value is -1.64. The molecule has 1 aromatic carbocycles. The Morgan fingerprint density at radius 3 is 2.56 bits per heavy atom. The lowest BCUT2D eigenvalue weighted by molar-refractivity contribution is -0.134. The molecule has 1 N–H and O–H groups in total. The van der Waals surface area contributed by atoms with E-state index in [1.165, 1.54) is 16.7 Å². The Morgan fingerprint density at radius 2 is 1.94 bits per heavy atom. The molecule has 18 heavy (non-hydrogen) atoms. The second-order valence-corrected chi connectivity index (χ2v) is 4.92. The molecule has 0 saturated carbocycles. The summed E-state index contributed by atoms with van der Waals surface area (Å²) in [5, 5.41) is 2.43. The molecule has 96 valence electrons. The molecule has 0 aromatic heterocycles. The number of imide groups is 1. The fraction of sp³-hybridized carbons (Fsp3) is 0.467. The van der Waals surface area contributed by atoms with Crippen molar-refractivity contribution in [3.05, 3.63) is 34.4 Å². The van der Waals surface area contributed by atoms with E-state index >= 15 is 0 Å². The van der Waals surface area contributed by atoms with Crippen molar-refractivity contribution in [1.82, 2.24) is 5.32 Å². The van der Waals surface area contributed by atoms with Gasteiger partial charge in [0.15, 0.2) is 0 Å². The van der Waals surface area contributed by atoms with Crippen molar-refractivity contribution in [2.45, 2.75) is 46.0 Å². The molecule has 0 spiro atoms. The summed E-state index contributed by atoms with van der Waals surface area (Å²) >= 11 is 0. The molecule has 0 radical (unpaired) electrons. The van der Waals surface area contributed by atoms with Crippen molar-refractivity contribution in [3.8, 4) is 0 Å². The lowest BCUT2D eigenvalue weighted by Crippen LogP contribution is -2.39. The zero-order valence-electron chi connectivity index (χ0n) is 11.2. The molecule has 3 heteroatoms. The van der Waals surface area contributed by atoms with Crippen LogP contribution >= 0.6 is 0 Å². The van der Waals surface area contributed by atoms with Crippen LogP contribution in [0.4, 0.5) is 0 Å². The van der Waals surface area contributed by atoms with Gasteiger partial charge in [-0.25, -0.2) is 0 Å². The Balaban J connectivity index is 2.37. The highest BCUT2D eigenvalue weighted by molar-refractivity contribution is 6.01. The van der Waals surface area contributed by atoms with Crippen LogP contribution in [0.3, 0.4) is 0 Å². The van der Waals surface area contributed by atoms with Gasteiger partial charge < -0.3 is 0 Å². The minimum absolute atomic E-state index is 0.155. The van der Waals surface area contributed by atoms with Crippen LogP contribution in [0.25, 0.3) is 0 Å². The van der Waals surface area contributed by atoms with Crippen molar-refractivity contribution in [2.75, 3.05) is 0 Å². The highest BCUT2D eigenvalue weighted by Gasteiger charge is 2.29. The van der Waals surface area contributed by atoms with Gasteiger partial charge in [0.2, 0.25) is 11.8 Å². The largest absolute Gasteiger partial charge is 0.296 e. The monoisotopic (exact) mass is 245 g/mol. The van der Waals surface area contributed by atoms with E-state index in [1.807, 2.05) is 6.07 Å². The van der Waals surface area contributed by atoms with Gasteiger partial charge in [0.05, 0.1) is 5.92 Å². The van der Waals surface area contributed by atoms with Crippen molar-refractivity contribution in [1.29, 1.82) is 0 Å². The number of carbonyl (C=O) groups excluding carboxylic acids is 2. The molecule has 1 saturated heterocycles. The van der Waals surface area contributed by atoms with Crippen LogP contribution in [0.2, 0.25) is 0 Å². The van der Waals surface area contributed by atoms with E-state index in [4.69, 9.17) is 0 Å². The normalized spacial score (nSPS) is 19.8. The maximum absolute atomic E-state index is 11.9. The third-order valence-electron chi connectivity index (χ3n) is 3.94. The summed E-state index contributed by atoms with van der Waals surface area (Å²) in [6.45, 7) is 6.30. The molecular formula is C15H19NO2. The van der Waals surface area contributed by atoms with Crippen LogP contribution in [-0.4, -0.2) is 11.8 Å². The third kappa shape index (κ3) is 2.17. The summed E-state index contributed by atoms with van der Waals surface area (Å²) in [4.78, 5) is 23.1. The number of hydrogen-bond acceptors (Lipinski definition) is 2. The van der Waals surface area contributed by atoms with Crippen LogP contribution in [0.5, 0.6) is 0 Å². The van der Waals surface area contributed by atoms with Gasteiger partial charge in [0.1, 0.15) is 0 Å². The molecule has 3 nitrogen and oxygen atoms in total. The molecule has 1 heterocycles. The van der Waals surface area contributed by atoms with Crippen molar-refractivity contribution in [2.24, 2.45) is 0 Å². The highest BCUT2D eigenvalue weighted by atomic mass is 16.2. The number of carbonyl (C=O) groups is 2. The first-order valence-electron chi connectivity index (χ1n) is 6.47. The minimum Gasteiger partial charge on any atom is -0.296 e. The van der Waals surface area contributed by atoms with Crippen molar-refractivity contribution < 1.29 is 9.59 Å². The average molecular weight is 245 g/mol. The average Bonchev–Trinajstić information content (AvgIpc) is 2.34. The van der Waals surface area contributed by atoms with Crippen molar-refractivity contribution >= 4 is 11.8 Å². The molecule has 2 amide bonds. The Morgan fingerprint density at radius 1 is 1.22 bits per heavy atom.